The number of nitrogens with zero attached hydrogens (tertiary/aromatic N) is 8. The van der Waals surface area contributed by atoms with Gasteiger partial charge in [0.05, 0.1) is 26.2 Å². The molecule has 1 saturated heterocycles. The molecular weight excluding hydrogens is 1190 g/mol. The maximum Gasteiger partial charge on any atom is 0.326 e. The van der Waals surface area contributed by atoms with E-state index in [4.69, 9.17) is 5.11 Å². The van der Waals surface area contributed by atoms with Crippen LogP contribution in [-0.2, 0) is 44.8 Å². The van der Waals surface area contributed by atoms with Crippen LogP contribution in [-0.4, -0.2) is 241 Å². The largest absolute Gasteiger partial charge is 0.481 e. The molecule has 1 fully saturated rings. The number of anilines is 4. The molecule has 1 aromatic carbocycles. The number of aromatic nitrogens is 3. The van der Waals surface area contributed by atoms with Crippen molar-refractivity contribution in [3.8, 4) is 0 Å². The fourth-order valence-corrected chi connectivity index (χ4v) is 8.25. The minimum Gasteiger partial charge on any atom is -0.481 e. The fraction of sp³-hybridized carbons (Fsp3) is 0.625. The summed E-state index contributed by atoms with van der Waals surface area (Å²) in [7, 11) is 3.58. The number of aliphatic carboxylic acids is 7. The second-order valence-corrected chi connectivity index (χ2v) is 18.8. The van der Waals surface area contributed by atoms with Gasteiger partial charge in [-0.2, -0.15) is 15.0 Å². The molecule has 443 valence electrons. The first kappa shape index (κ1) is 67.8. The van der Waals surface area contributed by atoms with Gasteiger partial charge in [-0.3, -0.25) is 48.4 Å². The van der Waals surface area contributed by atoms with E-state index in [0.717, 1.165) is 31.2 Å². The van der Waals surface area contributed by atoms with Crippen molar-refractivity contribution >= 4 is 77.3 Å². The molecule has 1 unspecified atom stereocenters. The van der Waals surface area contributed by atoms with Gasteiger partial charge in [0, 0.05) is 134 Å². The molecule has 1 aliphatic heterocycles. The zero-order chi connectivity index (χ0) is 56.9. The van der Waals surface area contributed by atoms with Crippen LogP contribution in [0.25, 0.3) is 0 Å². The van der Waals surface area contributed by atoms with E-state index < -0.39 is 72.4 Å². The fourth-order valence-electron chi connectivity index (χ4n) is 8.25. The molecule has 0 bridgehead atoms. The molecule has 3 amide bonds. The topological polar surface area (TPSA) is 410 Å². The number of hydrogen-bond donors (Lipinski definition) is 12. The first-order valence-electron chi connectivity index (χ1n) is 25.4. The molecule has 3 atom stereocenters. The van der Waals surface area contributed by atoms with Crippen molar-refractivity contribution in [3.63, 3.8) is 0 Å². The Morgan fingerprint density at radius 3 is 1.65 bits per heavy atom. The summed E-state index contributed by atoms with van der Waals surface area (Å²) in [6, 6.07) is 2.89. The van der Waals surface area contributed by atoms with E-state index in [-0.39, 0.29) is 134 Å². The normalized spacial score (nSPS) is 15.6. The van der Waals surface area contributed by atoms with Crippen molar-refractivity contribution in [1.29, 1.82) is 0 Å². The first-order valence-corrected chi connectivity index (χ1v) is 25.4. The number of urea groups is 1. The maximum atomic E-state index is 12.4. The predicted octanol–water partition coefficient (Wildman–Crippen LogP) is 0.262. The minimum absolute atomic E-state index is 0. The van der Waals surface area contributed by atoms with Crippen LogP contribution in [0.1, 0.15) is 76.2 Å². The number of benzene rings is 1. The molecule has 0 spiro atoms. The Morgan fingerprint density at radius 2 is 1.09 bits per heavy atom. The summed E-state index contributed by atoms with van der Waals surface area (Å²) >= 11 is 0. The zero-order valence-corrected chi connectivity index (χ0v) is 45.5. The van der Waals surface area contributed by atoms with E-state index in [2.05, 4.69) is 41.5 Å². The van der Waals surface area contributed by atoms with Crippen molar-refractivity contribution in [3.05, 3.63) is 29.8 Å². The number of unbranched alkanes of at least 4 members (excludes halogenated alkanes) is 5. The Kier molecular flexibility index (Phi) is 32.0. The third kappa shape index (κ3) is 28.9. The molecule has 0 aliphatic carbocycles. The number of carboxylic acids is 7. The van der Waals surface area contributed by atoms with Crippen molar-refractivity contribution < 1.29 is 116 Å². The molecule has 29 nitrogen and oxygen atoms in total. The molecule has 1 radical (unpaired) electrons. The summed E-state index contributed by atoms with van der Waals surface area (Å²) < 4.78 is 0. The van der Waals surface area contributed by atoms with E-state index in [0.29, 0.717) is 62.8 Å². The van der Waals surface area contributed by atoms with Crippen molar-refractivity contribution in [2.24, 2.45) is 0 Å². The quantitative estimate of drug-likeness (QED) is 0.0418. The van der Waals surface area contributed by atoms with Crippen LogP contribution in [0.2, 0.25) is 0 Å². The first-order chi connectivity index (χ1) is 36.6. The Labute approximate surface area is 480 Å². The number of amides is 3. The van der Waals surface area contributed by atoms with Gasteiger partial charge in [0.1, 0.15) is 12.1 Å². The average Bonchev–Trinajstić information content (AvgIpc) is 3.34. The standard InChI is InChI=1S/C48H75N13O16.Lu/c1-57(2)47-55-45(50-19-8-5-3-4-6-11-37(62)49-18-9-7-10-35(43(73)74)52-48(77)53-36(44(75)76)16-17-38(63)64)54-46(56-47)51-33-14-12-32(13-15-33)26-34-27-60(30-41(69)70)23-22-58(28-39(65)66)20-21-59(29-40(67)68)24-25-61(34)31-42(71)72;/h12-15,34-36H,3-11,16-31H2,1-2H3,(H,49,62)(H,63,64)(H,65,66)(H,67,68)(H,69,70)(H,71,72)(H,73,74)(H,75,76)(H2,52,53,77)(H2,50,51,54,55,56);/t34?,35-,36-;/m0./s1. The SMILES string of the molecule is CN(C)c1nc(NCCCCCCCC(=O)NCCCC[C@H](NC(=O)N[C@@H](CCC(=O)O)C(=O)O)C(=O)O)nc(Nc2ccc(CC3CN(CC(=O)O)CCN(CC(=O)O)CCN(CC(=O)O)CCN3CC(=O)O)cc2)n1.[Lu]. The van der Waals surface area contributed by atoms with Gasteiger partial charge in [0.25, 0.3) is 0 Å². The third-order valence-corrected chi connectivity index (χ3v) is 12.2. The third-order valence-electron chi connectivity index (χ3n) is 12.2. The van der Waals surface area contributed by atoms with E-state index in [1.54, 1.807) is 50.7 Å². The molecule has 3 rings (SSSR count). The van der Waals surface area contributed by atoms with Gasteiger partial charge in [-0.25, -0.2) is 14.4 Å². The van der Waals surface area contributed by atoms with Crippen molar-refractivity contribution in [2.75, 3.05) is 115 Å². The predicted molar refractivity (Wildman–Crippen MR) is 277 cm³/mol. The Hall–Kier alpha value is -6.27. The summed E-state index contributed by atoms with van der Waals surface area (Å²) in [4.78, 5) is 128. The van der Waals surface area contributed by atoms with Gasteiger partial charge in [0.15, 0.2) is 0 Å². The molecule has 12 N–H and O–H groups in total. The van der Waals surface area contributed by atoms with Gasteiger partial charge in [-0.15, -0.1) is 0 Å². The van der Waals surface area contributed by atoms with Gasteiger partial charge in [-0.1, -0.05) is 31.4 Å². The van der Waals surface area contributed by atoms with E-state index >= 15 is 0 Å². The summed E-state index contributed by atoms with van der Waals surface area (Å²) in [5, 5.41) is 79.9. The van der Waals surface area contributed by atoms with Crippen LogP contribution >= 0.6 is 0 Å². The summed E-state index contributed by atoms with van der Waals surface area (Å²) in [6.45, 7) is 0.679. The van der Waals surface area contributed by atoms with Gasteiger partial charge in [0.2, 0.25) is 23.8 Å². The molecule has 0 saturated carbocycles. The van der Waals surface area contributed by atoms with E-state index in [1.165, 1.54) is 0 Å². The number of carbonyl (C=O) groups excluding carboxylic acids is 2. The average molecular weight is 1270 g/mol. The van der Waals surface area contributed by atoms with E-state index in [9.17, 15) is 73.8 Å². The van der Waals surface area contributed by atoms with Crippen LogP contribution in [0.15, 0.2) is 24.3 Å². The summed E-state index contributed by atoms with van der Waals surface area (Å²) in [6.07, 6.45) is 4.55. The maximum absolute atomic E-state index is 12.4. The minimum atomic E-state index is -1.51. The monoisotopic (exact) mass is 1260 g/mol. The van der Waals surface area contributed by atoms with Crippen molar-refractivity contribution in [1.82, 2.24) is 50.5 Å². The van der Waals surface area contributed by atoms with Gasteiger partial charge < -0.3 is 67.2 Å². The Morgan fingerprint density at radius 1 is 0.577 bits per heavy atom. The molecule has 2 heterocycles. The molecule has 1 aliphatic rings. The van der Waals surface area contributed by atoms with Gasteiger partial charge >= 0.3 is 47.8 Å². The Bertz CT molecular complexity index is 2270. The number of carbonyl (C=O) groups is 9. The summed E-state index contributed by atoms with van der Waals surface area (Å²) in [5.74, 6) is -7.55. The van der Waals surface area contributed by atoms with Crippen LogP contribution < -0.4 is 31.5 Å². The van der Waals surface area contributed by atoms with Crippen LogP contribution in [0.4, 0.5) is 28.3 Å². The second kappa shape index (κ2) is 36.8. The van der Waals surface area contributed by atoms with E-state index in [1.807, 2.05) is 12.1 Å². The molecule has 1 aromatic heterocycles. The number of nitrogens with one attached hydrogen (secondary N) is 5. The Balaban J connectivity index is 0.0000208. The summed E-state index contributed by atoms with van der Waals surface area (Å²) in [5.41, 5.74) is 1.44. The molecule has 30 heteroatoms. The molecule has 78 heavy (non-hydrogen) atoms. The molecule has 2 aromatic rings. The number of carboxylic acid groups (broad SMARTS) is 7. The number of hydrogen-bond acceptors (Lipinski definition) is 19. The zero-order valence-electron chi connectivity index (χ0n) is 43.9. The number of rotatable bonds is 34. The van der Waals surface area contributed by atoms with Crippen molar-refractivity contribution in [2.45, 2.75) is 95.2 Å². The van der Waals surface area contributed by atoms with Crippen LogP contribution in [0, 0.1) is 36.9 Å². The van der Waals surface area contributed by atoms with Gasteiger partial charge in [-0.05, 0) is 62.6 Å². The second-order valence-electron chi connectivity index (χ2n) is 18.8. The smallest absolute Gasteiger partial charge is 0.326 e. The van der Waals surface area contributed by atoms with Crippen LogP contribution in [0.3, 0.4) is 0 Å². The molecular formula is C48H75LuN13O16. The van der Waals surface area contributed by atoms with Crippen LogP contribution in [0.5, 0.6) is 0 Å².